The predicted molar refractivity (Wildman–Crippen MR) is 80.5 cm³/mol. The van der Waals surface area contributed by atoms with Gasteiger partial charge in [-0.15, -0.1) is 0 Å². The Bertz CT molecular complexity index is 614. The summed E-state index contributed by atoms with van der Waals surface area (Å²) in [7, 11) is 0. The Labute approximate surface area is 129 Å². The zero-order valence-electron chi connectivity index (χ0n) is 12.8. The van der Waals surface area contributed by atoms with Crippen LogP contribution in [0.1, 0.15) is 29.3 Å². The van der Waals surface area contributed by atoms with Crippen molar-refractivity contribution in [2.24, 2.45) is 5.41 Å². The van der Waals surface area contributed by atoms with E-state index in [2.05, 4.69) is 5.32 Å². The van der Waals surface area contributed by atoms with Crippen LogP contribution in [0, 0.1) is 12.3 Å². The summed E-state index contributed by atoms with van der Waals surface area (Å²) in [5.74, 6) is -1.45. The zero-order valence-corrected chi connectivity index (χ0v) is 12.8. The van der Waals surface area contributed by atoms with E-state index in [-0.39, 0.29) is 24.9 Å². The lowest BCUT2D eigenvalue weighted by atomic mass is 9.90. The first-order valence-corrected chi connectivity index (χ1v) is 7.18. The van der Waals surface area contributed by atoms with Crippen LogP contribution < -0.4 is 5.32 Å². The lowest BCUT2D eigenvalue weighted by Crippen LogP contribution is -2.41. The largest absolute Gasteiger partial charge is 0.481 e. The van der Waals surface area contributed by atoms with Gasteiger partial charge >= 0.3 is 5.97 Å². The van der Waals surface area contributed by atoms with Crippen LogP contribution in [0.15, 0.2) is 24.3 Å². The smallest absolute Gasteiger partial charge is 0.311 e. The second kappa shape index (κ2) is 6.17. The minimum atomic E-state index is -0.897. The predicted octanol–water partition coefficient (Wildman–Crippen LogP) is 1.05. The summed E-state index contributed by atoms with van der Waals surface area (Å²) < 4.78 is 0. The molecule has 0 aliphatic carbocycles. The summed E-state index contributed by atoms with van der Waals surface area (Å²) >= 11 is 0. The van der Waals surface area contributed by atoms with Crippen molar-refractivity contribution in [3.63, 3.8) is 0 Å². The molecule has 2 rings (SSSR count). The lowest BCUT2D eigenvalue weighted by Gasteiger charge is -2.20. The van der Waals surface area contributed by atoms with Crippen molar-refractivity contribution in [3.8, 4) is 0 Å². The molecule has 0 spiro atoms. The van der Waals surface area contributed by atoms with Crippen molar-refractivity contribution in [3.05, 3.63) is 35.4 Å². The number of hydrogen-bond acceptors (Lipinski definition) is 3. The van der Waals surface area contributed by atoms with E-state index in [1.54, 1.807) is 19.1 Å². The van der Waals surface area contributed by atoms with Crippen LogP contribution in [0.5, 0.6) is 0 Å². The van der Waals surface area contributed by atoms with Crippen LogP contribution in [-0.4, -0.2) is 47.4 Å². The number of carboxylic acid groups (broad SMARTS) is 1. The van der Waals surface area contributed by atoms with E-state index < -0.39 is 11.4 Å². The highest BCUT2D eigenvalue weighted by Gasteiger charge is 2.41. The third kappa shape index (κ3) is 3.27. The number of nitrogens with one attached hydrogen (secondary N) is 1. The first-order valence-electron chi connectivity index (χ1n) is 7.18. The van der Waals surface area contributed by atoms with Gasteiger partial charge in [-0.1, -0.05) is 18.2 Å². The number of aryl methyl sites for hydroxylation is 1. The van der Waals surface area contributed by atoms with Crippen molar-refractivity contribution >= 4 is 17.8 Å². The summed E-state index contributed by atoms with van der Waals surface area (Å²) in [5, 5.41) is 11.8. The molecule has 0 bridgehead atoms. The summed E-state index contributed by atoms with van der Waals surface area (Å²) in [4.78, 5) is 36.8. The molecule has 0 aromatic heterocycles. The van der Waals surface area contributed by atoms with Gasteiger partial charge in [-0.3, -0.25) is 14.4 Å². The van der Waals surface area contributed by atoms with Gasteiger partial charge in [0.15, 0.2) is 0 Å². The monoisotopic (exact) mass is 304 g/mol. The molecule has 1 saturated heterocycles. The fourth-order valence-electron chi connectivity index (χ4n) is 2.54. The summed E-state index contributed by atoms with van der Waals surface area (Å²) in [6.07, 6.45) is 0.430. The number of benzene rings is 1. The topological polar surface area (TPSA) is 86.7 Å². The average Bonchev–Trinajstić information content (AvgIpc) is 2.89. The number of amides is 2. The van der Waals surface area contributed by atoms with E-state index >= 15 is 0 Å². The number of carbonyl (C=O) groups is 3. The Morgan fingerprint density at radius 3 is 2.59 bits per heavy atom. The Balaban J connectivity index is 1.90. The second-order valence-electron chi connectivity index (χ2n) is 5.93. The molecule has 1 fully saturated rings. The highest BCUT2D eigenvalue weighted by molar-refractivity contribution is 5.97. The lowest BCUT2D eigenvalue weighted by molar-refractivity contribution is -0.147. The quantitative estimate of drug-likeness (QED) is 0.870. The van der Waals surface area contributed by atoms with E-state index in [9.17, 15) is 14.4 Å². The molecule has 0 saturated carbocycles. The van der Waals surface area contributed by atoms with E-state index in [0.717, 1.165) is 5.56 Å². The molecule has 1 aliphatic rings. The Morgan fingerprint density at radius 2 is 2.00 bits per heavy atom. The molecule has 1 heterocycles. The van der Waals surface area contributed by atoms with E-state index in [1.807, 2.05) is 19.1 Å². The van der Waals surface area contributed by atoms with Crippen molar-refractivity contribution in [1.82, 2.24) is 10.2 Å². The van der Waals surface area contributed by atoms with Gasteiger partial charge in [0.2, 0.25) is 5.91 Å². The van der Waals surface area contributed by atoms with E-state index in [4.69, 9.17) is 5.11 Å². The van der Waals surface area contributed by atoms with Gasteiger partial charge in [0.05, 0.1) is 12.0 Å². The molecule has 1 unspecified atom stereocenters. The minimum Gasteiger partial charge on any atom is -0.481 e. The Kier molecular flexibility index (Phi) is 4.49. The van der Waals surface area contributed by atoms with Crippen LogP contribution in [0.3, 0.4) is 0 Å². The normalized spacial score (nSPS) is 20.7. The van der Waals surface area contributed by atoms with Gasteiger partial charge in [0.1, 0.15) is 0 Å². The Hall–Kier alpha value is -2.37. The highest BCUT2D eigenvalue weighted by atomic mass is 16.4. The van der Waals surface area contributed by atoms with Crippen molar-refractivity contribution < 1.29 is 19.5 Å². The molecule has 118 valence electrons. The van der Waals surface area contributed by atoms with Gasteiger partial charge in [-0.25, -0.2) is 0 Å². The van der Waals surface area contributed by atoms with E-state index in [0.29, 0.717) is 18.5 Å². The summed E-state index contributed by atoms with van der Waals surface area (Å²) in [6, 6.07) is 7.14. The molecule has 2 N–H and O–H groups in total. The van der Waals surface area contributed by atoms with Gasteiger partial charge in [-0.05, 0) is 31.9 Å². The third-order valence-corrected chi connectivity index (χ3v) is 4.13. The molecular formula is C16H20N2O4. The molecular weight excluding hydrogens is 284 g/mol. The standard InChI is InChI=1S/C16H20N2O4/c1-11-5-3-4-6-12(11)14(20)17-9-13(19)18-8-7-16(2,10-18)15(21)22/h3-6H,7-10H2,1-2H3,(H,17,20)(H,21,22). The van der Waals surface area contributed by atoms with Crippen LogP contribution in [0.2, 0.25) is 0 Å². The number of aliphatic carboxylic acids is 1. The SMILES string of the molecule is Cc1ccccc1C(=O)NCC(=O)N1CCC(C)(C(=O)O)C1. The third-order valence-electron chi connectivity index (χ3n) is 4.13. The van der Waals surface area contributed by atoms with Crippen molar-refractivity contribution in [2.75, 3.05) is 19.6 Å². The summed E-state index contributed by atoms with van der Waals surface area (Å²) in [5.41, 5.74) is 0.481. The molecule has 6 heteroatoms. The molecule has 2 amide bonds. The summed E-state index contributed by atoms with van der Waals surface area (Å²) in [6.45, 7) is 3.93. The average molecular weight is 304 g/mol. The number of rotatable bonds is 4. The molecule has 6 nitrogen and oxygen atoms in total. The van der Waals surface area contributed by atoms with Gasteiger partial charge in [-0.2, -0.15) is 0 Å². The van der Waals surface area contributed by atoms with Crippen LogP contribution >= 0.6 is 0 Å². The van der Waals surface area contributed by atoms with E-state index in [1.165, 1.54) is 4.90 Å². The molecule has 1 aromatic carbocycles. The fraction of sp³-hybridized carbons (Fsp3) is 0.438. The first kappa shape index (κ1) is 16.0. The van der Waals surface area contributed by atoms with Crippen molar-refractivity contribution in [2.45, 2.75) is 20.3 Å². The zero-order chi connectivity index (χ0) is 16.3. The number of carboxylic acids is 1. The second-order valence-corrected chi connectivity index (χ2v) is 5.93. The van der Waals surface area contributed by atoms with Crippen LogP contribution in [0.25, 0.3) is 0 Å². The molecule has 0 radical (unpaired) electrons. The fourth-order valence-corrected chi connectivity index (χ4v) is 2.54. The first-order chi connectivity index (χ1) is 10.3. The molecule has 1 atom stereocenters. The van der Waals surface area contributed by atoms with Crippen molar-refractivity contribution in [1.29, 1.82) is 0 Å². The number of likely N-dealkylation sites (tertiary alicyclic amines) is 1. The van der Waals surface area contributed by atoms with Gasteiger partial charge in [0, 0.05) is 18.7 Å². The maximum Gasteiger partial charge on any atom is 0.311 e. The minimum absolute atomic E-state index is 0.122. The number of nitrogens with zero attached hydrogens (tertiary/aromatic N) is 1. The van der Waals surface area contributed by atoms with Crippen LogP contribution in [0.4, 0.5) is 0 Å². The maximum atomic E-state index is 12.1. The van der Waals surface area contributed by atoms with Gasteiger partial charge in [0.25, 0.3) is 5.91 Å². The number of hydrogen-bond donors (Lipinski definition) is 2. The number of carbonyl (C=O) groups excluding carboxylic acids is 2. The van der Waals surface area contributed by atoms with Gasteiger partial charge < -0.3 is 15.3 Å². The maximum absolute atomic E-state index is 12.1. The molecule has 22 heavy (non-hydrogen) atoms. The molecule has 1 aromatic rings. The van der Waals surface area contributed by atoms with Crippen LogP contribution in [-0.2, 0) is 9.59 Å². The Morgan fingerprint density at radius 1 is 1.32 bits per heavy atom. The highest BCUT2D eigenvalue weighted by Crippen LogP contribution is 2.29. The molecule has 1 aliphatic heterocycles.